The van der Waals surface area contributed by atoms with E-state index in [2.05, 4.69) is 221 Å². The molecule has 2 aliphatic rings. The Morgan fingerprint density at radius 3 is 1.22 bits per heavy atom. The first-order valence-corrected chi connectivity index (χ1v) is 19.4. The molecule has 55 heavy (non-hydrogen) atoms. The molecular weight excluding hydrogens is 663 g/mol. The molecule has 0 spiro atoms. The van der Waals surface area contributed by atoms with Gasteiger partial charge in [-0.3, -0.25) is 0 Å². The number of rotatable bonds is 5. The number of benzene rings is 8. The quantitative estimate of drug-likeness (QED) is 0.172. The summed E-state index contributed by atoms with van der Waals surface area (Å²) in [4.78, 5) is 2.47. The van der Waals surface area contributed by atoms with Gasteiger partial charge in [-0.1, -0.05) is 173 Å². The number of anilines is 3. The first-order chi connectivity index (χ1) is 26.8. The zero-order valence-electron chi connectivity index (χ0n) is 31.8. The first kappa shape index (κ1) is 33.2. The van der Waals surface area contributed by atoms with Crippen LogP contribution >= 0.6 is 0 Å². The van der Waals surface area contributed by atoms with Crippen molar-refractivity contribution in [3.05, 3.63) is 210 Å². The fraction of sp³-hybridized carbons (Fsp3) is 0.111. The van der Waals surface area contributed by atoms with Crippen molar-refractivity contribution in [3.63, 3.8) is 0 Å². The maximum Gasteiger partial charge on any atom is 0.0503 e. The smallest absolute Gasteiger partial charge is 0.0503 e. The largest absolute Gasteiger partial charge is 0.310 e. The summed E-state index contributed by atoms with van der Waals surface area (Å²) in [7, 11) is 0. The Kier molecular flexibility index (Phi) is 7.58. The fourth-order valence-corrected chi connectivity index (χ4v) is 9.18. The molecule has 0 amide bonds. The van der Waals surface area contributed by atoms with Crippen LogP contribution in [0.25, 0.3) is 55.6 Å². The van der Waals surface area contributed by atoms with E-state index in [0.717, 1.165) is 5.69 Å². The molecular formula is C54H43N. The summed E-state index contributed by atoms with van der Waals surface area (Å²) < 4.78 is 0. The van der Waals surface area contributed by atoms with Gasteiger partial charge in [0.05, 0.1) is 11.4 Å². The normalized spacial score (nSPS) is 14.4. The Morgan fingerprint density at radius 2 is 0.655 bits per heavy atom. The van der Waals surface area contributed by atoms with Gasteiger partial charge in [0, 0.05) is 16.5 Å². The molecule has 0 saturated heterocycles. The Morgan fingerprint density at radius 1 is 0.291 bits per heavy atom. The average Bonchev–Trinajstić information content (AvgIpc) is 3.47. The van der Waals surface area contributed by atoms with Crippen LogP contribution in [0.1, 0.15) is 49.9 Å². The lowest BCUT2D eigenvalue weighted by molar-refractivity contribution is 0.632. The topological polar surface area (TPSA) is 3.24 Å². The van der Waals surface area contributed by atoms with Crippen LogP contribution in [0.2, 0.25) is 0 Å². The number of nitrogens with zero attached hydrogens (tertiary/aromatic N) is 1. The van der Waals surface area contributed by atoms with Gasteiger partial charge in [0.1, 0.15) is 0 Å². The monoisotopic (exact) mass is 705 g/mol. The summed E-state index contributed by atoms with van der Waals surface area (Å²) >= 11 is 0. The summed E-state index contributed by atoms with van der Waals surface area (Å²) in [6.07, 6.45) is 0. The Balaban J connectivity index is 1.10. The van der Waals surface area contributed by atoms with E-state index in [0.29, 0.717) is 0 Å². The van der Waals surface area contributed by atoms with E-state index in [1.54, 1.807) is 0 Å². The van der Waals surface area contributed by atoms with Crippen LogP contribution in [0.4, 0.5) is 17.1 Å². The molecule has 1 heterocycles. The molecule has 8 aromatic rings. The number of hydrogen-bond acceptors (Lipinski definition) is 1. The van der Waals surface area contributed by atoms with Crippen LogP contribution < -0.4 is 4.90 Å². The highest BCUT2D eigenvalue weighted by Crippen LogP contribution is 2.54. The molecule has 0 saturated carbocycles. The molecule has 0 fully saturated rings. The van der Waals surface area contributed by atoms with Gasteiger partial charge in [-0.05, 0) is 120 Å². The Hall–Kier alpha value is -6.44. The van der Waals surface area contributed by atoms with Gasteiger partial charge < -0.3 is 4.90 Å². The lowest BCUT2D eigenvalue weighted by atomic mass is 9.72. The molecule has 1 nitrogen and oxygen atoms in total. The summed E-state index contributed by atoms with van der Waals surface area (Å²) in [5.41, 5.74) is 21.3. The number of fused-ring (bicyclic) bond motifs is 5. The van der Waals surface area contributed by atoms with Gasteiger partial charge in [-0.25, -0.2) is 0 Å². The SMILES string of the molecule is CC1(C)c2ccccc2-c2ccc(-c3ccc4c(c3)C(C)(C)c3cc(-c5ccc(-c6ccccc6)cc5)ccc3N4c3ccc(-c4ccccc4)cc3)cc21. The molecule has 10 rings (SSSR count). The van der Waals surface area contributed by atoms with E-state index in [-0.39, 0.29) is 10.8 Å². The van der Waals surface area contributed by atoms with Crippen molar-refractivity contribution in [2.24, 2.45) is 0 Å². The van der Waals surface area contributed by atoms with Crippen LogP contribution in [-0.2, 0) is 10.8 Å². The van der Waals surface area contributed by atoms with Gasteiger partial charge in [-0.2, -0.15) is 0 Å². The van der Waals surface area contributed by atoms with E-state index in [1.807, 2.05) is 0 Å². The highest BCUT2D eigenvalue weighted by molar-refractivity contribution is 5.90. The van der Waals surface area contributed by atoms with E-state index in [9.17, 15) is 0 Å². The zero-order chi connectivity index (χ0) is 37.3. The second-order valence-electron chi connectivity index (χ2n) is 16.2. The molecule has 0 radical (unpaired) electrons. The fourth-order valence-electron chi connectivity index (χ4n) is 9.18. The van der Waals surface area contributed by atoms with Crippen molar-refractivity contribution in [1.82, 2.24) is 0 Å². The van der Waals surface area contributed by atoms with Gasteiger partial charge in [0.25, 0.3) is 0 Å². The van der Waals surface area contributed by atoms with Crippen molar-refractivity contribution >= 4 is 17.1 Å². The van der Waals surface area contributed by atoms with Crippen LogP contribution in [-0.4, -0.2) is 0 Å². The third kappa shape index (κ3) is 5.37. The summed E-state index contributed by atoms with van der Waals surface area (Å²) in [6, 6.07) is 69.5. The Labute approximate surface area is 325 Å². The maximum absolute atomic E-state index is 2.47. The molecule has 1 aliphatic carbocycles. The predicted octanol–water partition coefficient (Wildman–Crippen LogP) is 14.8. The molecule has 0 unspecified atom stereocenters. The Bertz CT molecular complexity index is 2720. The number of hydrogen-bond donors (Lipinski definition) is 0. The van der Waals surface area contributed by atoms with E-state index >= 15 is 0 Å². The van der Waals surface area contributed by atoms with E-state index in [1.165, 1.54) is 89.3 Å². The second kappa shape index (κ2) is 12.6. The highest BCUT2D eigenvalue weighted by atomic mass is 15.2. The van der Waals surface area contributed by atoms with E-state index in [4.69, 9.17) is 0 Å². The minimum atomic E-state index is -0.257. The molecule has 1 aliphatic heterocycles. The zero-order valence-corrected chi connectivity index (χ0v) is 31.8. The minimum absolute atomic E-state index is 0.0488. The van der Waals surface area contributed by atoms with Crippen molar-refractivity contribution < 1.29 is 0 Å². The molecule has 8 aromatic carbocycles. The lowest BCUT2D eigenvalue weighted by Gasteiger charge is -2.42. The highest BCUT2D eigenvalue weighted by Gasteiger charge is 2.38. The van der Waals surface area contributed by atoms with Crippen LogP contribution in [0.5, 0.6) is 0 Å². The predicted molar refractivity (Wildman–Crippen MR) is 233 cm³/mol. The van der Waals surface area contributed by atoms with Crippen LogP contribution in [0.15, 0.2) is 188 Å². The molecule has 0 aromatic heterocycles. The van der Waals surface area contributed by atoms with Crippen molar-refractivity contribution in [2.45, 2.75) is 38.5 Å². The second-order valence-corrected chi connectivity index (χ2v) is 16.2. The summed E-state index contributed by atoms with van der Waals surface area (Å²) in [5, 5.41) is 0. The average molecular weight is 706 g/mol. The maximum atomic E-state index is 2.47. The minimum Gasteiger partial charge on any atom is -0.310 e. The summed E-state index contributed by atoms with van der Waals surface area (Å²) in [5.74, 6) is 0. The van der Waals surface area contributed by atoms with Gasteiger partial charge in [-0.15, -0.1) is 0 Å². The lowest BCUT2D eigenvalue weighted by Crippen LogP contribution is -2.30. The molecule has 1 heteroatoms. The third-order valence-corrected chi connectivity index (χ3v) is 12.3. The van der Waals surface area contributed by atoms with Crippen molar-refractivity contribution in [3.8, 4) is 55.6 Å². The van der Waals surface area contributed by atoms with Gasteiger partial charge in [0.2, 0.25) is 0 Å². The van der Waals surface area contributed by atoms with Crippen LogP contribution in [0, 0.1) is 0 Å². The molecule has 0 N–H and O–H groups in total. The van der Waals surface area contributed by atoms with Crippen molar-refractivity contribution in [2.75, 3.05) is 4.90 Å². The van der Waals surface area contributed by atoms with Crippen molar-refractivity contribution in [1.29, 1.82) is 0 Å². The first-order valence-electron chi connectivity index (χ1n) is 19.4. The van der Waals surface area contributed by atoms with Gasteiger partial charge in [0.15, 0.2) is 0 Å². The van der Waals surface area contributed by atoms with Gasteiger partial charge >= 0.3 is 0 Å². The molecule has 0 atom stereocenters. The molecule has 264 valence electrons. The van der Waals surface area contributed by atoms with E-state index < -0.39 is 0 Å². The standard InChI is InChI=1S/C54H43N/c1-53(2)47-18-12-11-17-45(47)46-30-25-42(33-48(46)53)43-27-32-52-50(35-43)54(3,4)49-34-41(40-21-19-38(20-22-40)36-13-7-5-8-14-36)26-31-51(49)55(52)44-28-23-39(24-29-44)37-15-9-6-10-16-37/h5-35H,1-4H3. The third-order valence-electron chi connectivity index (χ3n) is 12.3. The summed E-state index contributed by atoms with van der Waals surface area (Å²) in [6.45, 7) is 9.52. The van der Waals surface area contributed by atoms with Crippen LogP contribution in [0.3, 0.4) is 0 Å². The molecule has 0 bridgehead atoms.